The number of hydrogen-bond acceptors (Lipinski definition) is 9. The standard InChI is InChI=1S/C44H77O10P/c1-3-5-7-9-11-13-15-17-19-20-22-24-26-28-30-32-34-36-44(48)54-42(40-53-55(49,50)52-38-41(46)37-45)39-51-43(47)35-33-31-29-27-25-23-21-18-16-14-12-10-8-6-4-2/h12,14,17-19,21-22,24,28,30,41-42,45-46H,3-11,13,15-16,20,23,25-27,29,31-40H2,1-2H3,(H,49,50)/b14-12+,19-17+,21-18+,24-22+,30-28+/t41-,42+/m0/s1. The fourth-order valence-corrected chi connectivity index (χ4v) is 6.12. The number of aliphatic hydroxyl groups excluding tert-OH is 2. The van der Waals surface area contributed by atoms with Gasteiger partial charge in [-0.15, -0.1) is 0 Å². The molecule has 0 rings (SSSR count). The van der Waals surface area contributed by atoms with Crippen LogP contribution in [0, 0.1) is 0 Å². The molecule has 0 aromatic carbocycles. The van der Waals surface area contributed by atoms with Crippen LogP contribution in [-0.2, 0) is 32.7 Å². The number of unbranched alkanes of at least 4 members (excludes halogenated alkanes) is 15. The molecule has 0 radical (unpaired) electrons. The number of allylic oxidation sites excluding steroid dienone is 10. The number of phosphoric acid groups is 1. The second kappa shape index (κ2) is 39.9. The highest BCUT2D eigenvalue weighted by molar-refractivity contribution is 7.47. The number of carbonyl (C=O) groups excluding carboxylic acids is 2. The van der Waals surface area contributed by atoms with Crippen LogP contribution in [-0.4, -0.2) is 65.7 Å². The molecule has 0 saturated heterocycles. The Morgan fingerprint density at radius 2 is 0.964 bits per heavy atom. The van der Waals surface area contributed by atoms with Gasteiger partial charge in [-0.2, -0.15) is 0 Å². The minimum Gasteiger partial charge on any atom is -0.462 e. The number of phosphoric ester groups is 1. The van der Waals surface area contributed by atoms with E-state index in [9.17, 15) is 24.2 Å². The highest BCUT2D eigenvalue weighted by atomic mass is 31.2. The summed E-state index contributed by atoms with van der Waals surface area (Å²) in [5.41, 5.74) is 0. The van der Waals surface area contributed by atoms with Gasteiger partial charge in [0.05, 0.1) is 19.8 Å². The molecule has 0 aliphatic heterocycles. The van der Waals surface area contributed by atoms with Crippen molar-refractivity contribution < 1.29 is 47.8 Å². The summed E-state index contributed by atoms with van der Waals surface area (Å²) in [4.78, 5) is 34.9. The van der Waals surface area contributed by atoms with Crippen molar-refractivity contribution in [1.82, 2.24) is 0 Å². The second-order valence-corrected chi connectivity index (χ2v) is 15.5. The van der Waals surface area contributed by atoms with Gasteiger partial charge in [0.1, 0.15) is 12.7 Å². The molecule has 0 aliphatic rings. The molecule has 1 unspecified atom stereocenters. The first-order valence-corrected chi connectivity index (χ1v) is 22.7. The Bertz CT molecular complexity index is 1100. The summed E-state index contributed by atoms with van der Waals surface area (Å²) in [7, 11) is -4.63. The first kappa shape index (κ1) is 52.7. The van der Waals surface area contributed by atoms with Gasteiger partial charge < -0.3 is 24.6 Å². The van der Waals surface area contributed by atoms with Crippen molar-refractivity contribution in [3.05, 3.63) is 60.8 Å². The van der Waals surface area contributed by atoms with Crippen LogP contribution >= 0.6 is 7.82 Å². The maximum absolute atomic E-state index is 12.6. The minimum absolute atomic E-state index is 0.107. The van der Waals surface area contributed by atoms with Gasteiger partial charge in [0.2, 0.25) is 0 Å². The Hall–Kier alpha value is -2.33. The number of hydrogen-bond donors (Lipinski definition) is 3. The highest BCUT2D eigenvalue weighted by Gasteiger charge is 2.27. The van der Waals surface area contributed by atoms with Crippen molar-refractivity contribution in [3.8, 4) is 0 Å². The number of rotatable bonds is 39. The van der Waals surface area contributed by atoms with Gasteiger partial charge in [-0.1, -0.05) is 139 Å². The lowest BCUT2D eigenvalue weighted by atomic mass is 10.1. The summed E-state index contributed by atoms with van der Waals surface area (Å²) in [6.45, 7) is 2.26. The molecule has 0 bridgehead atoms. The predicted octanol–water partition coefficient (Wildman–Crippen LogP) is 11.1. The summed E-state index contributed by atoms with van der Waals surface area (Å²) in [5.74, 6) is -1.01. The van der Waals surface area contributed by atoms with Gasteiger partial charge in [0.25, 0.3) is 0 Å². The molecule has 0 aliphatic carbocycles. The Labute approximate surface area is 334 Å². The Morgan fingerprint density at radius 3 is 1.51 bits per heavy atom. The first-order chi connectivity index (χ1) is 26.7. The number of carbonyl (C=O) groups is 2. The maximum atomic E-state index is 12.6. The Morgan fingerprint density at radius 1 is 0.545 bits per heavy atom. The molecule has 0 amide bonds. The Balaban J connectivity index is 4.44. The molecule has 0 saturated carbocycles. The summed E-state index contributed by atoms with van der Waals surface area (Å²) >= 11 is 0. The molecular weight excluding hydrogens is 719 g/mol. The van der Waals surface area contributed by atoms with Crippen molar-refractivity contribution in [3.63, 3.8) is 0 Å². The van der Waals surface area contributed by atoms with E-state index >= 15 is 0 Å². The van der Waals surface area contributed by atoms with Gasteiger partial charge in [-0.05, 0) is 77.0 Å². The van der Waals surface area contributed by atoms with E-state index in [1.165, 1.54) is 57.8 Å². The van der Waals surface area contributed by atoms with Crippen LogP contribution in [0.25, 0.3) is 0 Å². The zero-order valence-electron chi connectivity index (χ0n) is 34.4. The van der Waals surface area contributed by atoms with E-state index < -0.39 is 51.8 Å². The molecule has 0 aromatic rings. The van der Waals surface area contributed by atoms with E-state index in [0.717, 1.165) is 64.2 Å². The van der Waals surface area contributed by atoms with Crippen molar-refractivity contribution >= 4 is 19.8 Å². The van der Waals surface area contributed by atoms with Crippen LogP contribution in [0.1, 0.15) is 168 Å². The van der Waals surface area contributed by atoms with Gasteiger partial charge in [-0.3, -0.25) is 18.6 Å². The van der Waals surface area contributed by atoms with Crippen LogP contribution < -0.4 is 0 Å². The highest BCUT2D eigenvalue weighted by Crippen LogP contribution is 2.43. The SMILES string of the molecule is CCCCC/C=C/C/C=C/CCCCCCCC(=O)OC[C@H](COP(=O)(O)OC[C@@H](O)CO)OC(=O)CCC/C=C/C/C=C/C/C=C/CCCCCCCC. The molecule has 10 nitrogen and oxygen atoms in total. The van der Waals surface area contributed by atoms with E-state index in [1.807, 2.05) is 6.08 Å². The third-order valence-electron chi connectivity index (χ3n) is 8.64. The van der Waals surface area contributed by atoms with Gasteiger partial charge in [-0.25, -0.2) is 4.57 Å². The fourth-order valence-electron chi connectivity index (χ4n) is 5.33. The van der Waals surface area contributed by atoms with Gasteiger partial charge in [0.15, 0.2) is 6.10 Å². The number of ether oxygens (including phenoxy) is 2. The molecule has 0 aromatic heterocycles. The summed E-state index contributed by atoms with van der Waals surface area (Å²) < 4.78 is 32.6. The minimum atomic E-state index is -4.63. The normalized spacial score (nSPS) is 14.5. The van der Waals surface area contributed by atoms with Crippen molar-refractivity contribution in [2.45, 2.75) is 180 Å². The molecule has 318 valence electrons. The van der Waals surface area contributed by atoms with Crippen molar-refractivity contribution in [2.24, 2.45) is 0 Å². The van der Waals surface area contributed by atoms with Crippen LogP contribution in [0.3, 0.4) is 0 Å². The predicted molar refractivity (Wildman–Crippen MR) is 224 cm³/mol. The van der Waals surface area contributed by atoms with Crippen LogP contribution in [0.15, 0.2) is 60.8 Å². The zero-order valence-corrected chi connectivity index (χ0v) is 35.3. The van der Waals surface area contributed by atoms with Crippen LogP contribution in [0.5, 0.6) is 0 Å². The topological polar surface area (TPSA) is 149 Å². The molecule has 0 spiro atoms. The summed E-state index contributed by atoms with van der Waals surface area (Å²) in [5, 5.41) is 18.3. The third-order valence-corrected chi connectivity index (χ3v) is 9.60. The smallest absolute Gasteiger partial charge is 0.462 e. The fraction of sp³-hybridized carbons (Fsp3) is 0.727. The van der Waals surface area contributed by atoms with Crippen molar-refractivity contribution in [1.29, 1.82) is 0 Å². The van der Waals surface area contributed by atoms with Crippen molar-refractivity contribution in [2.75, 3.05) is 26.4 Å². The number of aliphatic hydroxyl groups is 2. The van der Waals surface area contributed by atoms with E-state index in [1.54, 1.807) is 0 Å². The summed E-state index contributed by atoms with van der Waals surface area (Å²) in [6, 6.07) is 0. The third kappa shape index (κ3) is 39.7. The first-order valence-electron chi connectivity index (χ1n) is 21.2. The molecular formula is C44H77O10P. The van der Waals surface area contributed by atoms with E-state index in [4.69, 9.17) is 19.1 Å². The van der Waals surface area contributed by atoms with Crippen LogP contribution in [0.2, 0.25) is 0 Å². The molecule has 11 heteroatoms. The molecule has 3 N–H and O–H groups in total. The van der Waals surface area contributed by atoms with Gasteiger partial charge >= 0.3 is 19.8 Å². The quantitative estimate of drug-likeness (QED) is 0.0237. The lowest BCUT2D eigenvalue weighted by Gasteiger charge is -2.20. The molecule has 3 atom stereocenters. The Kier molecular flexibility index (Phi) is 38.2. The largest absolute Gasteiger partial charge is 0.472 e. The van der Waals surface area contributed by atoms with E-state index in [2.05, 4.69) is 73.1 Å². The lowest BCUT2D eigenvalue weighted by Crippen LogP contribution is -2.29. The average molecular weight is 797 g/mol. The maximum Gasteiger partial charge on any atom is 0.472 e. The van der Waals surface area contributed by atoms with Gasteiger partial charge in [0, 0.05) is 12.8 Å². The molecule has 0 fully saturated rings. The zero-order chi connectivity index (χ0) is 40.5. The van der Waals surface area contributed by atoms with Crippen LogP contribution in [0.4, 0.5) is 0 Å². The average Bonchev–Trinajstić information content (AvgIpc) is 3.17. The molecule has 0 heterocycles. The van der Waals surface area contributed by atoms with E-state index in [-0.39, 0.29) is 19.4 Å². The summed E-state index contributed by atoms with van der Waals surface area (Å²) in [6.07, 6.45) is 43.3. The second-order valence-electron chi connectivity index (χ2n) is 14.0. The monoisotopic (exact) mass is 797 g/mol. The number of esters is 2. The lowest BCUT2D eigenvalue weighted by molar-refractivity contribution is -0.161. The molecule has 55 heavy (non-hydrogen) atoms. The van der Waals surface area contributed by atoms with E-state index in [0.29, 0.717) is 19.3 Å².